The van der Waals surface area contributed by atoms with Crippen LogP contribution >= 0.6 is 11.8 Å². The van der Waals surface area contributed by atoms with Crippen molar-refractivity contribution in [1.82, 2.24) is 4.90 Å². The molecule has 1 aliphatic carbocycles. The molecule has 0 radical (unpaired) electrons. The minimum atomic E-state index is 0.114. The van der Waals surface area contributed by atoms with Crippen LogP contribution in [0.1, 0.15) is 39.5 Å². The van der Waals surface area contributed by atoms with Gasteiger partial charge in [0, 0.05) is 17.7 Å². The number of fused-ring (bicyclic) bond motifs is 1. The molecule has 92 valence electrons. The minimum absolute atomic E-state index is 0.114. The first kappa shape index (κ1) is 12.4. The number of allylic oxidation sites excluding steroid dienone is 2. The van der Waals surface area contributed by atoms with Gasteiger partial charge in [0.2, 0.25) is 5.91 Å². The van der Waals surface area contributed by atoms with Crippen molar-refractivity contribution < 1.29 is 9.59 Å². The second-order valence-electron chi connectivity index (χ2n) is 4.35. The fourth-order valence-corrected chi connectivity index (χ4v) is 3.31. The average molecular weight is 251 g/mol. The van der Waals surface area contributed by atoms with Gasteiger partial charge in [-0.25, -0.2) is 0 Å². The van der Waals surface area contributed by atoms with Gasteiger partial charge in [-0.15, -0.1) is 0 Å². The van der Waals surface area contributed by atoms with Gasteiger partial charge in [-0.05, 0) is 19.4 Å². The molecule has 0 aromatic heterocycles. The maximum Gasteiger partial charge on any atom is 0.227 e. The molecule has 0 aromatic rings. The van der Waals surface area contributed by atoms with E-state index in [2.05, 4.69) is 6.92 Å². The number of amides is 1. The van der Waals surface area contributed by atoms with Crippen molar-refractivity contribution in [1.29, 1.82) is 0 Å². The van der Waals surface area contributed by atoms with Crippen molar-refractivity contribution in [3.05, 3.63) is 22.8 Å². The second kappa shape index (κ2) is 5.08. The zero-order valence-corrected chi connectivity index (χ0v) is 11.0. The van der Waals surface area contributed by atoms with Gasteiger partial charge in [-0.1, -0.05) is 31.2 Å². The van der Waals surface area contributed by atoms with Crippen LogP contribution in [0.2, 0.25) is 0 Å². The third-order valence-electron chi connectivity index (χ3n) is 2.97. The number of hydrogen-bond acceptors (Lipinski definition) is 3. The predicted octanol–water partition coefficient (Wildman–Crippen LogP) is 2.84. The molecule has 1 fully saturated rings. The van der Waals surface area contributed by atoms with Gasteiger partial charge >= 0.3 is 0 Å². The summed E-state index contributed by atoms with van der Waals surface area (Å²) in [7, 11) is 0. The summed E-state index contributed by atoms with van der Waals surface area (Å²) in [6, 6.07) is 0. The maximum absolute atomic E-state index is 12.1. The molecule has 1 heterocycles. The Morgan fingerprint density at radius 2 is 2.35 bits per heavy atom. The number of nitrogens with zero attached hydrogens (tertiary/aromatic N) is 1. The molecular formula is C13H17NO2S. The Bertz CT molecular complexity index is 412. The maximum atomic E-state index is 12.1. The summed E-state index contributed by atoms with van der Waals surface area (Å²) in [6.07, 6.45) is 6.53. The number of unbranched alkanes of at least 4 members (excludes halogenated alkanes) is 1. The van der Waals surface area contributed by atoms with Crippen LogP contribution in [0.15, 0.2) is 22.8 Å². The summed E-state index contributed by atoms with van der Waals surface area (Å²) in [5.41, 5.74) is 0.947. The van der Waals surface area contributed by atoms with E-state index < -0.39 is 0 Å². The fourth-order valence-electron chi connectivity index (χ4n) is 2.11. The van der Waals surface area contributed by atoms with E-state index in [0.29, 0.717) is 12.8 Å². The number of ketones is 1. The van der Waals surface area contributed by atoms with Crippen molar-refractivity contribution in [3.63, 3.8) is 0 Å². The molecule has 1 unspecified atom stereocenters. The molecule has 17 heavy (non-hydrogen) atoms. The highest BCUT2D eigenvalue weighted by Crippen LogP contribution is 2.43. The molecule has 0 saturated carbocycles. The SMILES string of the molecule is CCCCC(=O)N1C2=CCC(=O)C=C2SC1C. The topological polar surface area (TPSA) is 37.4 Å². The molecule has 0 N–H and O–H groups in total. The van der Waals surface area contributed by atoms with Crippen LogP contribution in [0.4, 0.5) is 0 Å². The fraction of sp³-hybridized carbons (Fsp3) is 0.538. The lowest BCUT2D eigenvalue weighted by molar-refractivity contribution is -0.129. The van der Waals surface area contributed by atoms with Gasteiger partial charge in [0.15, 0.2) is 5.78 Å². The van der Waals surface area contributed by atoms with Crippen molar-refractivity contribution >= 4 is 23.5 Å². The Morgan fingerprint density at radius 1 is 1.59 bits per heavy atom. The molecule has 1 aliphatic heterocycles. The van der Waals surface area contributed by atoms with Gasteiger partial charge < -0.3 is 0 Å². The lowest BCUT2D eigenvalue weighted by Crippen LogP contribution is -2.31. The monoisotopic (exact) mass is 251 g/mol. The molecule has 0 aromatic carbocycles. The zero-order chi connectivity index (χ0) is 12.4. The summed E-state index contributed by atoms with van der Waals surface area (Å²) in [5.74, 6) is 0.308. The summed E-state index contributed by atoms with van der Waals surface area (Å²) in [4.78, 5) is 26.2. The first-order valence-corrected chi connectivity index (χ1v) is 6.95. The number of carbonyl (C=O) groups is 2. The summed E-state index contributed by atoms with van der Waals surface area (Å²) in [5, 5.41) is 0.114. The smallest absolute Gasteiger partial charge is 0.227 e. The molecular weight excluding hydrogens is 234 g/mol. The molecule has 1 saturated heterocycles. The lowest BCUT2D eigenvalue weighted by Gasteiger charge is -2.22. The van der Waals surface area contributed by atoms with E-state index >= 15 is 0 Å². The van der Waals surface area contributed by atoms with Crippen LogP contribution in [-0.4, -0.2) is 22.0 Å². The van der Waals surface area contributed by atoms with E-state index in [1.165, 1.54) is 0 Å². The molecule has 3 nitrogen and oxygen atoms in total. The van der Waals surface area contributed by atoms with E-state index in [-0.39, 0.29) is 17.1 Å². The average Bonchev–Trinajstić information content (AvgIpc) is 2.61. The van der Waals surface area contributed by atoms with Crippen molar-refractivity contribution in [2.75, 3.05) is 0 Å². The molecule has 2 aliphatic rings. The molecule has 0 bridgehead atoms. The first-order chi connectivity index (χ1) is 8.13. The second-order valence-corrected chi connectivity index (χ2v) is 5.71. The van der Waals surface area contributed by atoms with E-state index in [1.807, 2.05) is 17.9 Å². The van der Waals surface area contributed by atoms with Gasteiger partial charge in [-0.2, -0.15) is 0 Å². The van der Waals surface area contributed by atoms with Crippen LogP contribution in [0.25, 0.3) is 0 Å². The normalized spacial score (nSPS) is 23.3. The van der Waals surface area contributed by atoms with E-state index in [1.54, 1.807) is 17.8 Å². The van der Waals surface area contributed by atoms with Gasteiger partial charge in [0.1, 0.15) is 0 Å². The largest absolute Gasteiger partial charge is 0.299 e. The van der Waals surface area contributed by atoms with Crippen LogP contribution in [-0.2, 0) is 9.59 Å². The summed E-state index contributed by atoms with van der Waals surface area (Å²) in [6.45, 7) is 4.10. The minimum Gasteiger partial charge on any atom is -0.299 e. The molecule has 1 amide bonds. The molecule has 1 atom stereocenters. The Hall–Kier alpha value is -1.03. The van der Waals surface area contributed by atoms with Gasteiger partial charge in [0.05, 0.1) is 11.1 Å². The Morgan fingerprint density at radius 3 is 3.06 bits per heavy atom. The highest BCUT2D eigenvalue weighted by Gasteiger charge is 2.35. The zero-order valence-electron chi connectivity index (χ0n) is 10.2. The highest BCUT2D eigenvalue weighted by molar-refractivity contribution is 8.04. The number of hydrogen-bond donors (Lipinski definition) is 0. The molecule has 4 heteroatoms. The summed E-state index contributed by atoms with van der Waals surface area (Å²) < 4.78 is 0. The van der Waals surface area contributed by atoms with Crippen molar-refractivity contribution in [2.45, 2.75) is 44.9 Å². The quantitative estimate of drug-likeness (QED) is 0.774. The van der Waals surface area contributed by atoms with E-state index in [9.17, 15) is 9.59 Å². The summed E-state index contributed by atoms with van der Waals surface area (Å²) >= 11 is 1.60. The van der Waals surface area contributed by atoms with Crippen molar-refractivity contribution in [2.24, 2.45) is 0 Å². The van der Waals surface area contributed by atoms with Gasteiger partial charge in [-0.3, -0.25) is 14.5 Å². The van der Waals surface area contributed by atoms with Crippen LogP contribution in [0, 0.1) is 0 Å². The molecule has 2 rings (SSSR count). The number of rotatable bonds is 3. The first-order valence-electron chi connectivity index (χ1n) is 6.07. The Labute approximate surface area is 106 Å². The third-order valence-corrected chi connectivity index (χ3v) is 4.11. The standard InChI is InChI=1S/C13H17NO2S/c1-3-4-5-13(16)14-9(2)17-12-8-10(15)6-7-11(12)14/h7-9H,3-6H2,1-2H3. The Balaban J connectivity index is 2.16. The molecule has 0 spiro atoms. The van der Waals surface area contributed by atoms with E-state index in [0.717, 1.165) is 23.4 Å². The number of thioether (sulfide) groups is 1. The lowest BCUT2D eigenvalue weighted by atomic mass is 10.1. The highest BCUT2D eigenvalue weighted by atomic mass is 32.2. The van der Waals surface area contributed by atoms with Crippen molar-refractivity contribution in [3.8, 4) is 0 Å². The van der Waals surface area contributed by atoms with Crippen LogP contribution in [0.3, 0.4) is 0 Å². The van der Waals surface area contributed by atoms with Gasteiger partial charge in [0.25, 0.3) is 0 Å². The van der Waals surface area contributed by atoms with Crippen LogP contribution in [0.5, 0.6) is 0 Å². The predicted molar refractivity (Wildman–Crippen MR) is 69.2 cm³/mol. The Kier molecular flexibility index (Phi) is 3.72. The van der Waals surface area contributed by atoms with E-state index in [4.69, 9.17) is 0 Å². The third kappa shape index (κ3) is 2.46. The van der Waals surface area contributed by atoms with Crippen LogP contribution < -0.4 is 0 Å². The number of carbonyl (C=O) groups excluding carboxylic acids is 2.